The van der Waals surface area contributed by atoms with Gasteiger partial charge in [0.1, 0.15) is 0 Å². The van der Waals surface area contributed by atoms with E-state index in [1.807, 2.05) is 24.3 Å². The molecule has 1 rings (SSSR count). The Kier molecular flexibility index (Phi) is 5.84. The third-order valence-electron chi connectivity index (χ3n) is 2.43. The standard InChI is InChI=1S/C14H18N2O/c1-2-3-4-11-16-14(17)13-7-5-12(6-8-13)9-10-15/h1,5-8H,3-4,9-11,15H2,(H,16,17). The molecular formula is C14H18N2O. The summed E-state index contributed by atoms with van der Waals surface area (Å²) in [5.74, 6) is 2.49. The number of carbonyl (C=O) groups is 1. The molecule has 0 heterocycles. The lowest BCUT2D eigenvalue weighted by Crippen LogP contribution is -2.24. The fourth-order valence-electron chi connectivity index (χ4n) is 1.48. The quantitative estimate of drug-likeness (QED) is 0.572. The lowest BCUT2D eigenvalue weighted by molar-refractivity contribution is 0.0953. The van der Waals surface area contributed by atoms with Crippen LogP contribution in [0.5, 0.6) is 0 Å². The number of hydrogen-bond acceptors (Lipinski definition) is 2. The largest absolute Gasteiger partial charge is 0.352 e. The van der Waals surface area contributed by atoms with Gasteiger partial charge in [-0.2, -0.15) is 0 Å². The number of nitrogens with two attached hydrogens (primary N) is 1. The molecule has 17 heavy (non-hydrogen) atoms. The summed E-state index contributed by atoms with van der Waals surface area (Å²) in [5, 5.41) is 2.83. The van der Waals surface area contributed by atoms with Gasteiger partial charge in [0.25, 0.3) is 5.91 Å². The van der Waals surface area contributed by atoms with Crippen molar-refractivity contribution < 1.29 is 4.79 Å². The SMILES string of the molecule is C#CCCCNC(=O)c1ccc(CCN)cc1. The third-order valence-corrected chi connectivity index (χ3v) is 2.43. The van der Waals surface area contributed by atoms with Gasteiger partial charge in [0.05, 0.1) is 0 Å². The van der Waals surface area contributed by atoms with Crippen molar-refractivity contribution in [1.82, 2.24) is 5.32 Å². The Labute approximate surface area is 102 Å². The highest BCUT2D eigenvalue weighted by atomic mass is 16.1. The van der Waals surface area contributed by atoms with Crippen LogP contribution in [0.1, 0.15) is 28.8 Å². The molecule has 0 saturated heterocycles. The van der Waals surface area contributed by atoms with Crippen molar-refractivity contribution in [3.8, 4) is 12.3 Å². The molecule has 0 bridgehead atoms. The zero-order valence-corrected chi connectivity index (χ0v) is 9.91. The fraction of sp³-hybridized carbons (Fsp3) is 0.357. The average Bonchev–Trinajstić information content (AvgIpc) is 2.36. The van der Waals surface area contributed by atoms with E-state index in [0.29, 0.717) is 25.1 Å². The van der Waals surface area contributed by atoms with Crippen molar-refractivity contribution in [2.24, 2.45) is 5.73 Å². The Morgan fingerprint density at radius 3 is 2.65 bits per heavy atom. The van der Waals surface area contributed by atoms with Crippen LogP contribution in [-0.4, -0.2) is 19.0 Å². The molecule has 0 aliphatic heterocycles. The predicted molar refractivity (Wildman–Crippen MR) is 69.6 cm³/mol. The summed E-state index contributed by atoms with van der Waals surface area (Å²) in [6.07, 6.45) is 7.47. The van der Waals surface area contributed by atoms with E-state index in [9.17, 15) is 4.79 Å². The van der Waals surface area contributed by atoms with Gasteiger partial charge in [0.2, 0.25) is 0 Å². The van der Waals surface area contributed by atoms with Crippen molar-refractivity contribution in [2.45, 2.75) is 19.3 Å². The van der Waals surface area contributed by atoms with Crippen LogP contribution in [0.3, 0.4) is 0 Å². The molecule has 0 aromatic heterocycles. The molecule has 0 spiro atoms. The minimum atomic E-state index is -0.0543. The second-order valence-electron chi connectivity index (χ2n) is 3.80. The predicted octanol–water partition coefficient (Wildman–Crippen LogP) is 1.33. The number of amides is 1. The third kappa shape index (κ3) is 4.71. The number of carbonyl (C=O) groups excluding carboxylic acids is 1. The minimum absolute atomic E-state index is 0.0543. The van der Waals surface area contributed by atoms with Gasteiger partial charge in [-0.15, -0.1) is 12.3 Å². The Bertz CT molecular complexity index is 390. The first-order valence-electron chi connectivity index (χ1n) is 5.78. The Balaban J connectivity index is 2.44. The van der Waals surface area contributed by atoms with Gasteiger partial charge in [-0.1, -0.05) is 12.1 Å². The van der Waals surface area contributed by atoms with E-state index in [-0.39, 0.29) is 5.91 Å². The van der Waals surface area contributed by atoms with Gasteiger partial charge in [-0.05, 0) is 37.1 Å². The second-order valence-corrected chi connectivity index (χ2v) is 3.80. The molecule has 1 amide bonds. The number of nitrogens with one attached hydrogen (secondary N) is 1. The average molecular weight is 230 g/mol. The highest BCUT2D eigenvalue weighted by molar-refractivity contribution is 5.94. The van der Waals surface area contributed by atoms with E-state index in [1.165, 1.54) is 0 Å². The molecule has 0 aliphatic rings. The summed E-state index contributed by atoms with van der Waals surface area (Å²) < 4.78 is 0. The van der Waals surface area contributed by atoms with Gasteiger partial charge in [0, 0.05) is 18.5 Å². The maximum Gasteiger partial charge on any atom is 0.251 e. The van der Waals surface area contributed by atoms with E-state index >= 15 is 0 Å². The first-order valence-corrected chi connectivity index (χ1v) is 5.78. The fourth-order valence-corrected chi connectivity index (χ4v) is 1.48. The zero-order chi connectivity index (χ0) is 12.5. The molecule has 0 atom stereocenters. The molecule has 0 aliphatic carbocycles. The van der Waals surface area contributed by atoms with E-state index in [2.05, 4.69) is 11.2 Å². The van der Waals surface area contributed by atoms with Crippen molar-refractivity contribution in [1.29, 1.82) is 0 Å². The summed E-state index contributed by atoms with van der Waals surface area (Å²) in [4.78, 5) is 11.7. The number of benzene rings is 1. The Hall–Kier alpha value is -1.79. The van der Waals surface area contributed by atoms with E-state index < -0.39 is 0 Å². The molecule has 0 fully saturated rings. The molecule has 3 N–H and O–H groups in total. The van der Waals surface area contributed by atoms with E-state index in [4.69, 9.17) is 12.2 Å². The van der Waals surface area contributed by atoms with Gasteiger partial charge in [-0.25, -0.2) is 0 Å². The highest BCUT2D eigenvalue weighted by Crippen LogP contribution is 2.04. The summed E-state index contributed by atoms with van der Waals surface area (Å²) in [7, 11) is 0. The molecule has 1 aromatic carbocycles. The normalized spacial score (nSPS) is 9.65. The van der Waals surface area contributed by atoms with Crippen LogP contribution in [0.2, 0.25) is 0 Å². The molecule has 0 saturated carbocycles. The van der Waals surface area contributed by atoms with Crippen LogP contribution >= 0.6 is 0 Å². The van der Waals surface area contributed by atoms with Crippen molar-refractivity contribution >= 4 is 5.91 Å². The topological polar surface area (TPSA) is 55.1 Å². The van der Waals surface area contributed by atoms with Crippen molar-refractivity contribution in [3.63, 3.8) is 0 Å². The number of hydrogen-bond donors (Lipinski definition) is 2. The maximum absolute atomic E-state index is 11.7. The Morgan fingerprint density at radius 1 is 1.35 bits per heavy atom. The van der Waals surface area contributed by atoms with E-state index in [1.54, 1.807) is 0 Å². The first-order chi connectivity index (χ1) is 8.27. The van der Waals surface area contributed by atoms with E-state index in [0.717, 1.165) is 18.4 Å². The monoisotopic (exact) mass is 230 g/mol. The summed E-state index contributed by atoms with van der Waals surface area (Å²) in [6, 6.07) is 7.51. The zero-order valence-electron chi connectivity index (χ0n) is 9.91. The number of unbranched alkanes of at least 4 members (excludes halogenated alkanes) is 1. The number of terminal acetylenes is 1. The van der Waals surface area contributed by atoms with Gasteiger partial charge >= 0.3 is 0 Å². The van der Waals surface area contributed by atoms with Crippen LogP contribution in [0, 0.1) is 12.3 Å². The smallest absolute Gasteiger partial charge is 0.251 e. The molecule has 3 nitrogen and oxygen atoms in total. The van der Waals surface area contributed by atoms with Crippen LogP contribution in [0.25, 0.3) is 0 Å². The lowest BCUT2D eigenvalue weighted by atomic mass is 10.1. The lowest BCUT2D eigenvalue weighted by Gasteiger charge is -2.05. The maximum atomic E-state index is 11.7. The van der Waals surface area contributed by atoms with Gasteiger partial charge in [0.15, 0.2) is 0 Å². The molecule has 90 valence electrons. The molecule has 3 heteroatoms. The summed E-state index contributed by atoms with van der Waals surface area (Å²) in [5.41, 5.74) is 7.28. The minimum Gasteiger partial charge on any atom is -0.352 e. The summed E-state index contributed by atoms with van der Waals surface area (Å²) >= 11 is 0. The molecular weight excluding hydrogens is 212 g/mol. The molecule has 0 radical (unpaired) electrons. The van der Waals surface area contributed by atoms with Crippen molar-refractivity contribution in [3.05, 3.63) is 35.4 Å². The van der Waals surface area contributed by atoms with Crippen LogP contribution in [0.4, 0.5) is 0 Å². The highest BCUT2D eigenvalue weighted by Gasteiger charge is 2.03. The first kappa shape index (κ1) is 13.3. The Morgan fingerprint density at radius 2 is 2.06 bits per heavy atom. The molecule has 0 unspecified atom stereocenters. The molecule has 1 aromatic rings. The second kappa shape index (κ2) is 7.48. The van der Waals surface area contributed by atoms with Crippen LogP contribution in [-0.2, 0) is 6.42 Å². The summed E-state index contributed by atoms with van der Waals surface area (Å²) in [6.45, 7) is 1.24. The van der Waals surface area contributed by atoms with Crippen molar-refractivity contribution in [2.75, 3.05) is 13.1 Å². The number of rotatable bonds is 6. The van der Waals surface area contributed by atoms with Gasteiger partial charge < -0.3 is 11.1 Å². The van der Waals surface area contributed by atoms with Gasteiger partial charge in [-0.3, -0.25) is 4.79 Å². The van der Waals surface area contributed by atoms with Crippen LogP contribution in [0.15, 0.2) is 24.3 Å². The van der Waals surface area contributed by atoms with Crippen LogP contribution < -0.4 is 11.1 Å².